The van der Waals surface area contributed by atoms with Gasteiger partial charge in [-0.1, -0.05) is 26.8 Å². The molecule has 0 aliphatic carbocycles. The van der Waals surface area contributed by atoms with Gasteiger partial charge in [0.15, 0.2) is 11.5 Å². The fourth-order valence-electron chi connectivity index (χ4n) is 3.65. The number of benzene rings is 1. The molecule has 0 saturated heterocycles. The Balaban J connectivity index is 2.20. The van der Waals surface area contributed by atoms with Crippen LogP contribution in [0.4, 0.5) is 0 Å². The Bertz CT molecular complexity index is 967. The molecule has 8 heteroatoms. The molecule has 2 amide bonds. The molecular formula is C27H40N2O5S. The second kappa shape index (κ2) is 13.5. The summed E-state index contributed by atoms with van der Waals surface area (Å²) in [5, 5.41) is 2.04. The summed E-state index contributed by atoms with van der Waals surface area (Å²) < 4.78 is 16.0. The third-order valence-corrected chi connectivity index (χ3v) is 6.71. The maximum Gasteiger partial charge on any atom is 0.242 e. The number of amides is 2. The number of carbonyl (C=O) groups excluding carboxylic acids is 2. The molecule has 2 aromatic rings. The average Bonchev–Trinajstić information content (AvgIpc) is 3.21. The van der Waals surface area contributed by atoms with Crippen molar-refractivity contribution in [3.63, 3.8) is 0 Å². The Morgan fingerprint density at radius 1 is 0.943 bits per heavy atom. The third-order valence-electron chi connectivity index (χ3n) is 5.70. The minimum Gasteiger partial charge on any atom is -0.493 e. The molecule has 0 atom stereocenters. The van der Waals surface area contributed by atoms with Crippen molar-refractivity contribution < 1.29 is 23.8 Å². The van der Waals surface area contributed by atoms with Crippen molar-refractivity contribution in [2.24, 2.45) is 5.41 Å². The van der Waals surface area contributed by atoms with Gasteiger partial charge in [0, 0.05) is 31.5 Å². The summed E-state index contributed by atoms with van der Waals surface area (Å²) in [5.74, 6) is 1.23. The average molecular weight is 505 g/mol. The van der Waals surface area contributed by atoms with E-state index in [-0.39, 0.29) is 23.8 Å². The normalized spacial score (nSPS) is 11.3. The van der Waals surface area contributed by atoms with Gasteiger partial charge in [0.05, 0.1) is 33.9 Å². The van der Waals surface area contributed by atoms with Crippen LogP contribution in [0.15, 0.2) is 29.6 Å². The molecule has 0 saturated carbocycles. The lowest BCUT2D eigenvalue weighted by Crippen LogP contribution is -2.45. The maximum absolute atomic E-state index is 13.5. The predicted molar refractivity (Wildman–Crippen MR) is 140 cm³/mol. The van der Waals surface area contributed by atoms with Crippen molar-refractivity contribution >= 4 is 23.2 Å². The first kappa shape index (κ1) is 28.7. The molecule has 7 nitrogen and oxygen atoms in total. The van der Waals surface area contributed by atoms with E-state index in [4.69, 9.17) is 14.2 Å². The highest BCUT2D eigenvalue weighted by atomic mass is 32.1. The number of methoxy groups -OCH3 is 3. The summed E-state index contributed by atoms with van der Waals surface area (Å²) >= 11 is 1.64. The first-order chi connectivity index (χ1) is 16.6. The number of hydrogen-bond donors (Lipinski definition) is 0. The summed E-state index contributed by atoms with van der Waals surface area (Å²) in [5.41, 5.74) is 2.05. The zero-order valence-corrected chi connectivity index (χ0v) is 23.0. The molecule has 1 heterocycles. The molecule has 1 aromatic heterocycles. The summed E-state index contributed by atoms with van der Waals surface area (Å²) in [7, 11) is 4.82. The van der Waals surface area contributed by atoms with Crippen LogP contribution in [0.1, 0.15) is 43.2 Å². The molecule has 194 valence electrons. The van der Waals surface area contributed by atoms with E-state index in [1.165, 1.54) is 5.56 Å². The summed E-state index contributed by atoms with van der Waals surface area (Å²) in [6, 6.07) is 7.86. The van der Waals surface area contributed by atoms with Crippen LogP contribution in [-0.4, -0.2) is 69.2 Å². The number of nitrogens with zero attached hydrogens (tertiary/aromatic N) is 2. The van der Waals surface area contributed by atoms with Crippen molar-refractivity contribution in [1.82, 2.24) is 9.80 Å². The number of aryl methyl sites for hydroxylation is 1. The van der Waals surface area contributed by atoms with Gasteiger partial charge in [-0.15, -0.1) is 11.3 Å². The molecule has 0 unspecified atom stereocenters. The van der Waals surface area contributed by atoms with Gasteiger partial charge in [-0.05, 0) is 53.5 Å². The van der Waals surface area contributed by atoms with Gasteiger partial charge in [0.25, 0.3) is 0 Å². The Morgan fingerprint density at radius 2 is 1.66 bits per heavy atom. The monoisotopic (exact) mass is 504 g/mol. The van der Waals surface area contributed by atoms with Crippen LogP contribution in [0.2, 0.25) is 0 Å². The van der Waals surface area contributed by atoms with Crippen LogP contribution in [0.25, 0.3) is 0 Å². The minimum atomic E-state index is -0.160. The lowest BCUT2D eigenvalue weighted by molar-refractivity contribution is -0.142. The van der Waals surface area contributed by atoms with Crippen LogP contribution >= 0.6 is 11.3 Å². The molecule has 0 fully saturated rings. The molecule has 0 bridgehead atoms. The van der Waals surface area contributed by atoms with Crippen LogP contribution < -0.4 is 9.47 Å². The number of rotatable bonds is 13. The fourth-order valence-corrected chi connectivity index (χ4v) is 4.57. The van der Waals surface area contributed by atoms with Crippen molar-refractivity contribution in [1.29, 1.82) is 0 Å². The zero-order valence-electron chi connectivity index (χ0n) is 22.2. The van der Waals surface area contributed by atoms with Crippen LogP contribution in [-0.2, 0) is 27.3 Å². The second-order valence-corrected chi connectivity index (χ2v) is 10.8. The van der Waals surface area contributed by atoms with Crippen molar-refractivity contribution in [2.45, 2.75) is 47.1 Å². The van der Waals surface area contributed by atoms with Gasteiger partial charge in [0.2, 0.25) is 11.8 Å². The summed E-state index contributed by atoms with van der Waals surface area (Å²) in [6.45, 7) is 9.98. The molecule has 0 aliphatic heterocycles. The van der Waals surface area contributed by atoms with E-state index in [1.54, 1.807) is 37.6 Å². The second-order valence-electron chi connectivity index (χ2n) is 9.83. The molecule has 0 spiro atoms. The number of carbonyl (C=O) groups is 2. The Morgan fingerprint density at radius 3 is 2.23 bits per heavy atom. The maximum atomic E-state index is 13.5. The Kier molecular flexibility index (Phi) is 11.0. The summed E-state index contributed by atoms with van der Waals surface area (Å²) in [6.07, 6.45) is 1.03. The van der Waals surface area contributed by atoms with E-state index in [9.17, 15) is 9.59 Å². The van der Waals surface area contributed by atoms with Gasteiger partial charge in [-0.2, -0.15) is 0 Å². The van der Waals surface area contributed by atoms with Crippen molar-refractivity contribution in [3.8, 4) is 11.5 Å². The van der Waals surface area contributed by atoms with Crippen molar-refractivity contribution in [3.05, 3.63) is 45.6 Å². The van der Waals surface area contributed by atoms with Gasteiger partial charge in [-0.3, -0.25) is 9.59 Å². The topological polar surface area (TPSA) is 68.3 Å². The van der Waals surface area contributed by atoms with Crippen LogP contribution in [0.3, 0.4) is 0 Å². The Labute approximate surface area is 214 Å². The smallest absolute Gasteiger partial charge is 0.242 e. The molecular weight excluding hydrogens is 464 g/mol. The molecule has 35 heavy (non-hydrogen) atoms. The standard InChI is InChI=1S/C27H40N2O5S/c1-20-11-15-35-24(20)18-28(12-10-21-8-9-22(33-6)23(16-21)34-7)26(31)19-29(13-14-32-5)25(30)17-27(2,3)4/h8-9,11,15-16H,10,12-14,17-19H2,1-7H3. The predicted octanol–water partition coefficient (Wildman–Crippen LogP) is 4.56. The highest BCUT2D eigenvalue weighted by Gasteiger charge is 2.25. The van der Waals surface area contributed by atoms with Gasteiger partial charge < -0.3 is 24.0 Å². The minimum absolute atomic E-state index is 0.0324. The van der Waals surface area contributed by atoms with E-state index in [0.717, 1.165) is 10.4 Å². The molecule has 0 radical (unpaired) electrons. The largest absolute Gasteiger partial charge is 0.493 e. The first-order valence-electron chi connectivity index (χ1n) is 11.9. The quantitative estimate of drug-likeness (QED) is 0.400. The lowest BCUT2D eigenvalue weighted by Gasteiger charge is -2.29. The SMILES string of the molecule is COCCN(CC(=O)N(CCc1ccc(OC)c(OC)c1)Cc1sccc1C)C(=O)CC(C)(C)C. The van der Waals surface area contributed by atoms with E-state index in [2.05, 4.69) is 13.0 Å². The number of hydrogen-bond acceptors (Lipinski definition) is 6. The fraction of sp³-hybridized carbons (Fsp3) is 0.556. The molecule has 0 N–H and O–H groups in total. The highest BCUT2D eigenvalue weighted by Crippen LogP contribution is 2.28. The zero-order chi connectivity index (χ0) is 26.0. The van der Waals surface area contributed by atoms with E-state index in [0.29, 0.717) is 50.6 Å². The third kappa shape index (κ3) is 9.18. The van der Waals surface area contributed by atoms with Gasteiger partial charge >= 0.3 is 0 Å². The van der Waals surface area contributed by atoms with E-state index >= 15 is 0 Å². The Hall–Kier alpha value is -2.58. The number of ether oxygens (including phenoxy) is 3. The highest BCUT2D eigenvalue weighted by molar-refractivity contribution is 7.10. The molecule has 2 rings (SSSR count). The molecule has 1 aromatic carbocycles. The lowest BCUT2D eigenvalue weighted by atomic mass is 9.91. The molecule has 0 aliphatic rings. The van der Waals surface area contributed by atoms with Gasteiger partial charge in [0.1, 0.15) is 0 Å². The van der Waals surface area contributed by atoms with E-state index in [1.807, 2.05) is 49.3 Å². The first-order valence-corrected chi connectivity index (χ1v) is 12.7. The van der Waals surface area contributed by atoms with E-state index < -0.39 is 0 Å². The van der Waals surface area contributed by atoms with Crippen molar-refractivity contribution in [2.75, 3.05) is 47.6 Å². The summed E-state index contributed by atoms with van der Waals surface area (Å²) in [4.78, 5) is 31.1. The van der Waals surface area contributed by atoms with Gasteiger partial charge in [-0.25, -0.2) is 0 Å². The van der Waals surface area contributed by atoms with Crippen LogP contribution in [0, 0.1) is 12.3 Å². The number of thiophene rings is 1. The van der Waals surface area contributed by atoms with Crippen LogP contribution in [0.5, 0.6) is 11.5 Å².